The minimum absolute atomic E-state index is 0.130. The van der Waals surface area contributed by atoms with Crippen molar-refractivity contribution in [2.75, 3.05) is 0 Å². The molecule has 104 valence electrons. The Hall–Kier alpha value is -2.24. The smallest absolute Gasteiger partial charge is 0.200 e. The fraction of sp³-hybridized carbons (Fsp3) is 0.0714. The lowest BCUT2D eigenvalue weighted by Crippen LogP contribution is -2.13. The molecule has 0 saturated heterocycles. The van der Waals surface area contributed by atoms with Gasteiger partial charge in [-0.2, -0.15) is 0 Å². The second-order valence-corrected chi connectivity index (χ2v) is 4.01. The van der Waals surface area contributed by atoms with Crippen LogP contribution in [0.3, 0.4) is 0 Å². The fourth-order valence-electron chi connectivity index (χ4n) is 1.87. The number of rotatable bonds is 3. The van der Waals surface area contributed by atoms with E-state index in [1.807, 2.05) is 0 Å². The summed E-state index contributed by atoms with van der Waals surface area (Å²) in [6, 6.07) is 7.27. The number of hydrogen-bond donors (Lipinski definition) is 0. The van der Waals surface area contributed by atoms with E-state index in [1.54, 1.807) is 6.07 Å². The van der Waals surface area contributed by atoms with E-state index in [4.69, 9.17) is 0 Å². The van der Waals surface area contributed by atoms with E-state index in [0.717, 1.165) is 0 Å². The second kappa shape index (κ2) is 5.40. The number of halogens is 5. The highest BCUT2D eigenvalue weighted by Gasteiger charge is 2.30. The van der Waals surface area contributed by atoms with Crippen LogP contribution in [0.2, 0.25) is 0 Å². The Balaban J connectivity index is 2.71. The number of benzene rings is 2. The lowest BCUT2D eigenvalue weighted by molar-refractivity contribution is -0.108. The van der Waals surface area contributed by atoms with Gasteiger partial charge in [-0.3, -0.25) is 0 Å². The van der Waals surface area contributed by atoms with Gasteiger partial charge in [0, 0.05) is 5.56 Å². The van der Waals surface area contributed by atoms with Crippen LogP contribution in [0.15, 0.2) is 30.3 Å². The average molecular weight is 286 g/mol. The fourth-order valence-corrected chi connectivity index (χ4v) is 1.87. The molecular formula is C14H7F5O. The van der Waals surface area contributed by atoms with Crippen molar-refractivity contribution in [3.63, 3.8) is 0 Å². The van der Waals surface area contributed by atoms with Crippen molar-refractivity contribution in [3.8, 4) is 0 Å². The molecule has 0 N–H and O–H groups in total. The molecule has 0 fully saturated rings. The van der Waals surface area contributed by atoms with E-state index in [-0.39, 0.29) is 11.8 Å². The van der Waals surface area contributed by atoms with Crippen LogP contribution in [0, 0.1) is 29.1 Å². The molecule has 2 aromatic carbocycles. The van der Waals surface area contributed by atoms with Gasteiger partial charge in [-0.05, 0) is 5.56 Å². The van der Waals surface area contributed by atoms with Gasteiger partial charge in [0.25, 0.3) is 0 Å². The van der Waals surface area contributed by atoms with Gasteiger partial charge in [0.2, 0.25) is 5.82 Å². The minimum Gasteiger partial charge on any atom is -0.302 e. The van der Waals surface area contributed by atoms with Crippen molar-refractivity contribution in [1.82, 2.24) is 0 Å². The Labute approximate surface area is 110 Å². The highest BCUT2D eigenvalue weighted by molar-refractivity contribution is 5.68. The third-order valence-electron chi connectivity index (χ3n) is 2.85. The summed E-state index contributed by atoms with van der Waals surface area (Å²) in [6.45, 7) is 0. The van der Waals surface area contributed by atoms with E-state index in [1.165, 1.54) is 24.3 Å². The Morgan fingerprint density at radius 3 is 1.65 bits per heavy atom. The highest BCUT2D eigenvalue weighted by Crippen LogP contribution is 2.31. The van der Waals surface area contributed by atoms with E-state index in [0.29, 0.717) is 0 Å². The summed E-state index contributed by atoms with van der Waals surface area (Å²) >= 11 is 0. The van der Waals surface area contributed by atoms with E-state index < -0.39 is 40.6 Å². The van der Waals surface area contributed by atoms with Gasteiger partial charge in [0.05, 0.1) is 5.92 Å². The lowest BCUT2D eigenvalue weighted by atomic mass is 9.91. The molecule has 1 atom stereocenters. The Kier molecular flexibility index (Phi) is 3.83. The zero-order chi connectivity index (χ0) is 14.9. The predicted molar refractivity (Wildman–Crippen MR) is 60.6 cm³/mol. The maximum atomic E-state index is 13.6. The second-order valence-electron chi connectivity index (χ2n) is 4.01. The first-order valence-corrected chi connectivity index (χ1v) is 5.50. The number of carbonyl (C=O) groups excluding carboxylic acids is 1. The molecule has 2 aromatic rings. The van der Waals surface area contributed by atoms with Crippen LogP contribution in [-0.4, -0.2) is 6.29 Å². The molecule has 0 amide bonds. The minimum atomic E-state index is -2.25. The molecule has 0 heterocycles. The first-order valence-electron chi connectivity index (χ1n) is 5.50. The van der Waals surface area contributed by atoms with Gasteiger partial charge < -0.3 is 4.79 Å². The van der Waals surface area contributed by atoms with Crippen LogP contribution in [0.1, 0.15) is 17.0 Å². The maximum Gasteiger partial charge on any atom is 0.200 e. The van der Waals surface area contributed by atoms with E-state index >= 15 is 0 Å². The summed E-state index contributed by atoms with van der Waals surface area (Å²) in [4.78, 5) is 11.0. The Morgan fingerprint density at radius 2 is 1.20 bits per heavy atom. The monoisotopic (exact) mass is 286 g/mol. The van der Waals surface area contributed by atoms with Crippen LogP contribution < -0.4 is 0 Å². The number of aldehydes is 1. The quantitative estimate of drug-likeness (QED) is 0.364. The maximum absolute atomic E-state index is 13.6. The van der Waals surface area contributed by atoms with E-state index in [9.17, 15) is 26.7 Å². The summed E-state index contributed by atoms with van der Waals surface area (Å²) in [7, 11) is 0. The third-order valence-corrected chi connectivity index (χ3v) is 2.85. The molecule has 20 heavy (non-hydrogen) atoms. The van der Waals surface area contributed by atoms with Gasteiger partial charge in [0.15, 0.2) is 23.3 Å². The molecule has 0 bridgehead atoms. The average Bonchev–Trinajstić information content (AvgIpc) is 2.48. The summed E-state index contributed by atoms with van der Waals surface area (Å²) < 4.78 is 66.5. The summed E-state index contributed by atoms with van der Waals surface area (Å²) in [5, 5.41) is 0. The van der Waals surface area contributed by atoms with Crippen LogP contribution in [0.4, 0.5) is 22.0 Å². The first kappa shape index (κ1) is 14.2. The molecular weight excluding hydrogens is 279 g/mol. The van der Waals surface area contributed by atoms with Gasteiger partial charge in [-0.15, -0.1) is 0 Å². The molecule has 1 nitrogen and oxygen atoms in total. The third kappa shape index (κ3) is 2.17. The van der Waals surface area contributed by atoms with Crippen molar-refractivity contribution < 1.29 is 26.7 Å². The number of hydrogen-bond acceptors (Lipinski definition) is 1. The van der Waals surface area contributed by atoms with Crippen LogP contribution >= 0.6 is 0 Å². The first-order chi connectivity index (χ1) is 9.49. The van der Waals surface area contributed by atoms with Gasteiger partial charge in [0.1, 0.15) is 6.29 Å². The van der Waals surface area contributed by atoms with Crippen LogP contribution in [0.25, 0.3) is 0 Å². The Bertz CT molecular complexity index is 625. The molecule has 0 aliphatic heterocycles. The van der Waals surface area contributed by atoms with Crippen molar-refractivity contribution in [1.29, 1.82) is 0 Å². The largest absolute Gasteiger partial charge is 0.302 e. The van der Waals surface area contributed by atoms with Crippen molar-refractivity contribution in [2.45, 2.75) is 5.92 Å². The Morgan fingerprint density at radius 1 is 0.750 bits per heavy atom. The molecule has 0 aromatic heterocycles. The topological polar surface area (TPSA) is 17.1 Å². The predicted octanol–water partition coefficient (Wildman–Crippen LogP) is 3.71. The van der Waals surface area contributed by atoms with E-state index in [2.05, 4.69) is 0 Å². The van der Waals surface area contributed by atoms with Crippen molar-refractivity contribution in [3.05, 3.63) is 70.5 Å². The molecule has 0 aliphatic carbocycles. The normalized spacial score (nSPS) is 12.2. The molecule has 0 saturated carbocycles. The van der Waals surface area contributed by atoms with Crippen molar-refractivity contribution >= 4 is 6.29 Å². The molecule has 0 radical (unpaired) electrons. The number of carbonyl (C=O) groups is 1. The zero-order valence-electron chi connectivity index (χ0n) is 9.84. The highest BCUT2D eigenvalue weighted by atomic mass is 19.2. The molecule has 6 heteroatoms. The summed E-state index contributed by atoms with van der Waals surface area (Å²) in [5.74, 6) is -11.9. The lowest BCUT2D eigenvalue weighted by Gasteiger charge is -2.14. The molecule has 2 rings (SSSR count). The molecule has 1 unspecified atom stereocenters. The standard InChI is InChI=1S/C14H7F5O/c15-10-9(11(16)13(18)14(19)12(10)17)8(6-20)7-4-2-1-3-5-7/h1-6,8H. The summed E-state index contributed by atoms with van der Waals surface area (Å²) in [6.07, 6.45) is 0.133. The molecule has 0 spiro atoms. The zero-order valence-corrected chi connectivity index (χ0v) is 9.84. The SMILES string of the molecule is O=CC(c1ccccc1)c1c(F)c(F)c(F)c(F)c1F. The van der Waals surface area contributed by atoms with Crippen LogP contribution in [0.5, 0.6) is 0 Å². The van der Waals surface area contributed by atoms with Crippen LogP contribution in [-0.2, 0) is 4.79 Å². The van der Waals surface area contributed by atoms with Gasteiger partial charge in [-0.25, -0.2) is 22.0 Å². The van der Waals surface area contributed by atoms with Gasteiger partial charge in [-0.1, -0.05) is 30.3 Å². The van der Waals surface area contributed by atoms with Crippen molar-refractivity contribution in [2.24, 2.45) is 0 Å². The summed E-state index contributed by atoms with van der Waals surface area (Å²) in [5.41, 5.74) is -1.02. The van der Waals surface area contributed by atoms with Gasteiger partial charge >= 0.3 is 0 Å². The molecule has 0 aliphatic rings.